The largest absolute Gasteiger partial charge is 0.372 e. The van der Waals surface area contributed by atoms with Gasteiger partial charge in [0.2, 0.25) is 0 Å². The van der Waals surface area contributed by atoms with Gasteiger partial charge in [0.05, 0.1) is 17.8 Å². The number of halogens is 1. The van der Waals surface area contributed by atoms with Crippen LogP contribution in [0.3, 0.4) is 0 Å². The van der Waals surface area contributed by atoms with E-state index in [9.17, 15) is 4.79 Å². The van der Waals surface area contributed by atoms with Gasteiger partial charge in [-0.15, -0.1) is 10.2 Å². The third-order valence-electron chi connectivity index (χ3n) is 3.59. The Hall–Kier alpha value is -1.89. The minimum atomic E-state index is -0.183. The number of nitrogens with zero attached hydrogens (tertiary/aromatic N) is 5. The maximum absolute atomic E-state index is 12.4. The van der Waals surface area contributed by atoms with Crippen molar-refractivity contribution in [1.29, 1.82) is 0 Å². The van der Waals surface area contributed by atoms with Gasteiger partial charge in [0.1, 0.15) is 12.0 Å². The van der Waals surface area contributed by atoms with E-state index in [1.807, 2.05) is 11.5 Å². The number of anilines is 1. The molecule has 2 aromatic rings. The molecule has 0 bridgehead atoms. The van der Waals surface area contributed by atoms with Crippen LogP contribution >= 0.6 is 11.6 Å². The molecule has 1 saturated carbocycles. The molecular weight excluding hydrogens is 292 g/mol. The van der Waals surface area contributed by atoms with Gasteiger partial charge >= 0.3 is 0 Å². The Labute approximate surface area is 126 Å². The normalized spacial score (nSPS) is 14.4. The molecule has 1 N–H and O–H groups in total. The lowest BCUT2D eigenvalue weighted by Gasteiger charge is -2.10. The zero-order valence-corrected chi connectivity index (χ0v) is 12.5. The van der Waals surface area contributed by atoms with Crippen molar-refractivity contribution in [3.8, 4) is 0 Å². The lowest BCUT2D eigenvalue weighted by atomic mass is 10.4. The fraction of sp³-hybridized carbons (Fsp3) is 0.538. The lowest BCUT2D eigenvalue weighted by Crippen LogP contribution is -2.27. The molecule has 3 rings (SSSR count). The number of aryl methyl sites for hydroxylation is 1. The van der Waals surface area contributed by atoms with E-state index in [4.69, 9.17) is 11.6 Å². The summed E-state index contributed by atoms with van der Waals surface area (Å²) in [4.78, 5) is 12.4. The van der Waals surface area contributed by atoms with Crippen molar-refractivity contribution in [2.75, 3.05) is 5.32 Å². The minimum absolute atomic E-state index is 0.183. The second-order valence-corrected chi connectivity index (χ2v) is 5.59. The molecule has 7 nitrogen and oxygen atoms in total. The maximum Gasteiger partial charge on any atom is 0.291 e. The van der Waals surface area contributed by atoms with Crippen molar-refractivity contribution < 1.29 is 0 Å². The van der Waals surface area contributed by atoms with Gasteiger partial charge in [-0.3, -0.25) is 4.79 Å². The monoisotopic (exact) mass is 308 g/mol. The zero-order valence-electron chi connectivity index (χ0n) is 11.8. The van der Waals surface area contributed by atoms with E-state index in [0.29, 0.717) is 29.7 Å². The molecule has 0 radical (unpaired) electrons. The first-order valence-corrected chi connectivity index (χ1v) is 7.43. The van der Waals surface area contributed by atoms with Gasteiger partial charge in [0.15, 0.2) is 5.82 Å². The summed E-state index contributed by atoms with van der Waals surface area (Å²) in [6.45, 7) is 3.85. The molecule has 0 spiro atoms. The number of hydrogen-bond donors (Lipinski definition) is 1. The molecule has 2 heterocycles. The molecule has 1 fully saturated rings. The first kappa shape index (κ1) is 14.1. The van der Waals surface area contributed by atoms with E-state index in [1.54, 1.807) is 6.33 Å². The first-order chi connectivity index (χ1) is 10.2. The standard InChI is InChI=1S/C13H17ClN6O/c1-2-19-8-16-18-11(19)6-15-12-10(14)5-17-20(13(12)21)7-9-3-4-9/h5,8-9,15H,2-4,6-7H2,1H3. The summed E-state index contributed by atoms with van der Waals surface area (Å²) >= 11 is 6.09. The molecule has 1 aliphatic carbocycles. The number of hydrogen-bond acceptors (Lipinski definition) is 5. The summed E-state index contributed by atoms with van der Waals surface area (Å²) in [7, 11) is 0. The van der Waals surface area contributed by atoms with Gasteiger partial charge in [-0.25, -0.2) is 4.68 Å². The highest BCUT2D eigenvalue weighted by Gasteiger charge is 2.23. The van der Waals surface area contributed by atoms with E-state index in [2.05, 4.69) is 20.6 Å². The molecule has 0 amide bonds. The first-order valence-electron chi connectivity index (χ1n) is 7.05. The fourth-order valence-electron chi connectivity index (χ4n) is 2.15. The molecule has 112 valence electrons. The molecule has 0 atom stereocenters. The smallest absolute Gasteiger partial charge is 0.291 e. The summed E-state index contributed by atoms with van der Waals surface area (Å²) in [5.74, 6) is 1.34. The highest BCUT2D eigenvalue weighted by molar-refractivity contribution is 6.32. The Balaban J connectivity index is 1.79. The predicted octanol–water partition coefficient (Wildman–Crippen LogP) is 1.53. The topological polar surface area (TPSA) is 77.6 Å². The average molecular weight is 309 g/mol. The number of nitrogens with one attached hydrogen (secondary N) is 1. The molecule has 0 aromatic carbocycles. The van der Waals surface area contributed by atoms with E-state index < -0.39 is 0 Å². The summed E-state index contributed by atoms with van der Waals surface area (Å²) in [5.41, 5.74) is 0.190. The van der Waals surface area contributed by atoms with E-state index in [-0.39, 0.29) is 5.56 Å². The molecule has 0 aliphatic heterocycles. The molecule has 0 saturated heterocycles. The molecular formula is C13H17ClN6O. The summed E-state index contributed by atoms with van der Waals surface area (Å²) in [6.07, 6.45) is 5.51. The lowest BCUT2D eigenvalue weighted by molar-refractivity contribution is 0.534. The van der Waals surface area contributed by atoms with Gasteiger partial charge < -0.3 is 9.88 Å². The van der Waals surface area contributed by atoms with Crippen molar-refractivity contribution in [2.24, 2.45) is 5.92 Å². The number of aromatic nitrogens is 5. The van der Waals surface area contributed by atoms with E-state index in [1.165, 1.54) is 23.7 Å². The van der Waals surface area contributed by atoms with Crippen LogP contribution in [0.25, 0.3) is 0 Å². The van der Waals surface area contributed by atoms with E-state index in [0.717, 1.165) is 12.4 Å². The quantitative estimate of drug-likeness (QED) is 0.875. The minimum Gasteiger partial charge on any atom is -0.372 e. The summed E-state index contributed by atoms with van der Waals surface area (Å²) in [5, 5.41) is 15.4. The van der Waals surface area contributed by atoms with Gasteiger partial charge in [-0.05, 0) is 25.7 Å². The predicted molar refractivity (Wildman–Crippen MR) is 79.3 cm³/mol. The van der Waals surface area contributed by atoms with Crippen LogP contribution in [0.5, 0.6) is 0 Å². The van der Waals surface area contributed by atoms with E-state index >= 15 is 0 Å². The van der Waals surface area contributed by atoms with Crippen LogP contribution in [0, 0.1) is 5.92 Å². The second-order valence-electron chi connectivity index (χ2n) is 5.18. The fourth-order valence-corrected chi connectivity index (χ4v) is 2.34. The highest BCUT2D eigenvalue weighted by atomic mass is 35.5. The van der Waals surface area contributed by atoms with Crippen LogP contribution in [0.4, 0.5) is 5.69 Å². The molecule has 21 heavy (non-hydrogen) atoms. The highest BCUT2D eigenvalue weighted by Crippen LogP contribution is 2.30. The Bertz CT molecular complexity index is 690. The molecule has 8 heteroatoms. The van der Waals surface area contributed by atoms with Crippen LogP contribution in [-0.2, 0) is 19.6 Å². The van der Waals surface area contributed by atoms with Crippen molar-refractivity contribution in [2.45, 2.75) is 39.4 Å². The maximum atomic E-state index is 12.4. The average Bonchev–Trinajstić information content (AvgIpc) is 3.18. The molecule has 0 unspecified atom stereocenters. The van der Waals surface area contributed by atoms with Crippen molar-refractivity contribution in [3.63, 3.8) is 0 Å². The van der Waals surface area contributed by atoms with Gasteiger partial charge in [0.25, 0.3) is 5.56 Å². The third-order valence-corrected chi connectivity index (χ3v) is 3.87. The van der Waals surface area contributed by atoms with Gasteiger partial charge in [-0.1, -0.05) is 11.6 Å². The Morgan fingerprint density at radius 1 is 1.48 bits per heavy atom. The Morgan fingerprint density at radius 2 is 2.29 bits per heavy atom. The Kier molecular flexibility index (Phi) is 3.92. The SMILES string of the molecule is CCn1cnnc1CNc1c(Cl)cnn(CC2CC2)c1=O. The third kappa shape index (κ3) is 3.07. The van der Waals surface area contributed by atoms with Crippen molar-refractivity contribution in [1.82, 2.24) is 24.5 Å². The van der Waals surface area contributed by atoms with Crippen LogP contribution in [0.2, 0.25) is 5.02 Å². The second kappa shape index (κ2) is 5.85. The van der Waals surface area contributed by atoms with Crippen LogP contribution in [0.15, 0.2) is 17.3 Å². The van der Waals surface area contributed by atoms with Crippen LogP contribution < -0.4 is 10.9 Å². The number of rotatable bonds is 6. The van der Waals surface area contributed by atoms with Crippen LogP contribution in [0.1, 0.15) is 25.6 Å². The van der Waals surface area contributed by atoms with Crippen molar-refractivity contribution >= 4 is 17.3 Å². The summed E-state index contributed by atoms with van der Waals surface area (Å²) < 4.78 is 3.39. The van der Waals surface area contributed by atoms with Gasteiger partial charge in [0, 0.05) is 13.1 Å². The molecule has 1 aliphatic rings. The van der Waals surface area contributed by atoms with Gasteiger partial charge in [-0.2, -0.15) is 5.10 Å². The zero-order chi connectivity index (χ0) is 14.8. The van der Waals surface area contributed by atoms with Crippen LogP contribution in [-0.4, -0.2) is 24.5 Å². The summed E-state index contributed by atoms with van der Waals surface area (Å²) in [6, 6.07) is 0. The Morgan fingerprint density at radius 3 is 3.00 bits per heavy atom. The molecule has 2 aromatic heterocycles. The van der Waals surface area contributed by atoms with Crippen molar-refractivity contribution in [3.05, 3.63) is 33.7 Å².